The Hall–Kier alpha value is -1.08. The Balaban J connectivity index is 2.36. The lowest BCUT2D eigenvalue weighted by Crippen LogP contribution is -2.42. The van der Waals surface area contributed by atoms with Crippen molar-refractivity contribution >= 4 is 5.91 Å². The van der Waals surface area contributed by atoms with Gasteiger partial charge in [-0.1, -0.05) is 0 Å². The minimum atomic E-state index is 0.0405. The number of nitrogens with one attached hydrogen (secondary N) is 1. The Labute approximate surface area is 84.9 Å². The maximum Gasteiger partial charge on any atom is 0.237 e. The molecule has 1 aliphatic heterocycles. The zero-order chi connectivity index (χ0) is 10.4. The van der Waals surface area contributed by atoms with Crippen molar-refractivity contribution in [1.29, 1.82) is 5.26 Å². The van der Waals surface area contributed by atoms with E-state index in [9.17, 15) is 4.79 Å². The van der Waals surface area contributed by atoms with Crippen LogP contribution >= 0.6 is 0 Å². The fraction of sp³-hybridized carbons (Fsp3) is 0.800. The molecule has 1 N–H and O–H groups in total. The van der Waals surface area contributed by atoms with E-state index in [-0.39, 0.29) is 11.9 Å². The van der Waals surface area contributed by atoms with Gasteiger partial charge in [-0.2, -0.15) is 5.26 Å². The summed E-state index contributed by atoms with van der Waals surface area (Å²) in [6, 6.07) is 2.16. The number of carbonyl (C=O) groups is 1. The molecule has 78 valence electrons. The maximum absolute atomic E-state index is 11.4. The second-order valence-electron chi connectivity index (χ2n) is 3.57. The predicted molar refractivity (Wildman–Crippen MR) is 53.5 cm³/mol. The summed E-state index contributed by atoms with van der Waals surface area (Å²) in [5.41, 5.74) is 0. The fourth-order valence-electron chi connectivity index (χ4n) is 1.92. The SMILES string of the molecule is CNC(=O)C1CCCN1CCCC#N. The summed E-state index contributed by atoms with van der Waals surface area (Å²) in [5, 5.41) is 11.1. The van der Waals surface area contributed by atoms with Crippen molar-refractivity contribution in [3.05, 3.63) is 0 Å². The Morgan fingerprint density at radius 2 is 2.50 bits per heavy atom. The van der Waals surface area contributed by atoms with Gasteiger partial charge < -0.3 is 5.32 Å². The second kappa shape index (κ2) is 5.61. The number of unbranched alkanes of at least 4 members (excludes halogenated alkanes) is 1. The molecular formula is C10H17N3O. The molecule has 1 unspecified atom stereocenters. The standard InChI is InChI=1S/C10H17N3O/c1-12-10(14)9-5-4-8-13(9)7-3-2-6-11/h9H,2-5,7-8H2,1H3,(H,12,14). The first-order valence-electron chi connectivity index (χ1n) is 5.12. The lowest BCUT2D eigenvalue weighted by molar-refractivity contribution is -0.124. The van der Waals surface area contributed by atoms with Gasteiger partial charge in [0.2, 0.25) is 5.91 Å². The van der Waals surface area contributed by atoms with E-state index in [1.165, 1.54) is 0 Å². The third-order valence-electron chi connectivity index (χ3n) is 2.65. The molecule has 1 heterocycles. The molecule has 1 fully saturated rings. The molecule has 1 saturated heterocycles. The topological polar surface area (TPSA) is 56.1 Å². The van der Waals surface area contributed by atoms with E-state index in [1.54, 1.807) is 7.05 Å². The molecule has 4 heteroatoms. The van der Waals surface area contributed by atoms with Crippen molar-refractivity contribution in [2.24, 2.45) is 0 Å². The van der Waals surface area contributed by atoms with Gasteiger partial charge in [-0.15, -0.1) is 0 Å². The van der Waals surface area contributed by atoms with E-state index in [1.807, 2.05) is 0 Å². The molecule has 1 aliphatic rings. The number of nitrogens with zero attached hydrogens (tertiary/aromatic N) is 2. The van der Waals surface area contributed by atoms with Gasteiger partial charge >= 0.3 is 0 Å². The number of carbonyl (C=O) groups excluding carboxylic acids is 1. The Morgan fingerprint density at radius 3 is 3.14 bits per heavy atom. The first-order valence-corrected chi connectivity index (χ1v) is 5.12. The molecule has 1 amide bonds. The van der Waals surface area contributed by atoms with Crippen molar-refractivity contribution < 1.29 is 4.79 Å². The lowest BCUT2D eigenvalue weighted by atomic mass is 10.2. The summed E-state index contributed by atoms with van der Waals surface area (Å²) in [4.78, 5) is 13.6. The number of rotatable bonds is 4. The second-order valence-corrected chi connectivity index (χ2v) is 3.57. The van der Waals surface area contributed by atoms with E-state index in [0.29, 0.717) is 6.42 Å². The van der Waals surface area contributed by atoms with Crippen LogP contribution in [0.15, 0.2) is 0 Å². The number of amides is 1. The fourth-order valence-corrected chi connectivity index (χ4v) is 1.92. The Bertz CT molecular complexity index is 234. The van der Waals surface area contributed by atoms with Crippen molar-refractivity contribution in [1.82, 2.24) is 10.2 Å². The van der Waals surface area contributed by atoms with Gasteiger partial charge in [-0.05, 0) is 32.4 Å². The molecule has 0 bridgehead atoms. The average Bonchev–Trinajstić information content (AvgIpc) is 2.65. The van der Waals surface area contributed by atoms with Crippen molar-refractivity contribution in [2.75, 3.05) is 20.1 Å². The monoisotopic (exact) mass is 195 g/mol. The average molecular weight is 195 g/mol. The molecule has 0 aromatic rings. The first kappa shape index (κ1) is 11.0. The van der Waals surface area contributed by atoms with Crippen LogP contribution < -0.4 is 5.32 Å². The molecule has 14 heavy (non-hydrogen) atoms. The van der Waals surface area contributed by atoms with Crippen molar-refractivity contribution in [3.63, 3.8) is 0 Å². The molecule has 1 rings (SSSR count). The van der Waals surface area contributed by atoms with E-state index < -0.39 is 0 Å². The van der Waals surface area contributed by atoms with E-state index in [4.69, 9.17) is 5.26 Å². The van der Waals surface area contributed by atoms with Crippen molar-refractivity contribution in [2.45, 2.75) is 31.7 Å². The van der Waals surface area contributed by atoms with E-state index >= 15 is 0 Å². The highest BCUT2D eigenvalue weighted by Gasteiger charge is 2.29. The number of hydrogen-bond acceptors (Lipinski definition) is 3. The molecule has 4 nitrogen and oxygen atoms in total. The third kappa shape index (κ3) is 2.71. The number of hydrogen-bond donors (Lipinski definition) is 1. The largest absolute Gasteiger partial charge is 0.358 e. The van der Waals surface area contributed by atoms with Crippen LogP contribution in [-0.4, -0.2) is 37.0 Å². The Kier molecular flexibility index (Phi) is 4.41. The van der Waals surface area contributed by atoms with E-state index in [2.05, 4.69) is 16.3 Å². The summed E-state index contributed by atoms with van der Waals surface area (Å²) in [6.07, 6.45) is 3.48. The number of nitriles is 1. The smallest absolute Gasteiger partial charge is 0.237 e. The van der Waals surface area contributed by atoms with Gasteiger partial charge in [0.1, 0.15) is 0 Å². The number of likely N-dealkylation sites (N-methyl/N-ethyl adjacent to an activating group) is 1. The van der Waals surface area contributed by atoms with E-state index in [0.717, 1.165) is 32.4 Å². The molecule has 0 aliphatic carbocycles. The minimum absolute atomic E-state index is 0.0405. The van der Waals surface area contributed by atoms with Gasteiger partial charge in [-0.3, -0.25) is 9.69 Å². The van der Waals surface area contributed by atoms with Gasteiger partial charge in [-0.25, -0.2) is 0 Å². The quantitative estimate of drug-likeness (QED) is 0.665. The summed E-state index contributed by atoms with van der Waals surface area (Å²) in [5.74, 6) is 0.111. The van der Waals surface area contributed by atoms with Crippen LogP contribution in [0.3, 0.4) is 0 Å². The van der Waals surface area contributed by atoms with Crippen LogP contribution in [0.2, 0.25) is 0 Å². The maximum atomic E-state index is 11.4. The summed E-state index contributed by atoms with van der Waals surface area (Å²) in [7, 11) is 1.67. The molecule has 0 aromatic carbocycles. The van der Waals surface area contributed by atoms with Gasteiger partial charge in [0.05, 0.1) is 12.1 Å². The molecule has 0 saturated carbocycles. The first-order chi connectivity index (χ1) is 6.79. The summed E-state index contributed by atoms with van der Waals surface area (Å²) in [6.45, 7) is 1.86. The zero-order valence-electron chi connectivity index (χ0n) is 8.62. The van der Waals surface area contributed by atoms with Crippen LogP contribution in [0.1, 0.15) is 25.7 Å². The molecule has 0 spiro atoms. The zero-order valence-corrected chi connectivity index (χ0v) is 8.62. The normalized spacial score (nSPS) is 21.9. The highest BCUT2D eigenvalue weighted by Crippen LogP contribution is 2.17. The lowest BCUT2D eigenvalue weighted by Gasteiger charge is -2.22. The van der Waals surface area contributed by atoms with Gasteiger partial charge in [0.25, 0.3) is 0 Å². The van der Waals surface area contributed by atoms with Crippen LogP contribution in [0.4, 0.5) is 0 Å². The summed E-state index contributed by atoms with van der Waals surface area (Å²) >= 11 is 0. The highest BCUT2D eigenvalue weighted by atomic mass is 16.2. The summed E-state index contributed by atoms with van der Waals surface area (Å²) < 4.78 is 0. The molecular weight excluding hydrogens is 178 g/mol. The highest BCUT2D eigenvalue weighted by molar-refractivity contribution is 5.81. The number of likely N-dealkylation sites (tertiary alicyclic amines) is 1. The molecule has 0 aromatic heterocycles. The van der Waals surface area contributed by atoms with Crippen LogP contribution in [-0.2, 0) is 4.79 Å². The molecule has 0 radical (unpaired) electrons. The van der Waals surface area contributed by atoms with Crippen molar-refractivity contribution in [3.8, 4) is 6.07 Å². The van der Waals surface area contributed by atoms with Crippen LogP contribution in [0, 0.1) is 11.3 Å². The third-order valence-corrected chi connectivity index (χ3v) is 2.65. The van der Waals surface area contributed by atoms with Gasteiger partial charge in [0.15, 0.2) is 0 Å². The van der Waals surface area contributed by atoms with Gasteiger partial charge in [0, 0.05) is 13.5 Å². The predicted octanol–water partition coefficient (Wildman–Crippen LogP) is 0.501. The van der Waals surface area contributed by atoms with Crippen LogP contribution in [0.25, 0.3) is 0 Å². The minimum Gasteiger partial charge on any atom is -0.358 e. The molecule has 1 atom stereocenters. The van der Waals surface area contributed by atoms with Crippen LogP contribution in [0.5, 0.6) is 0 Å². The Morgan fingerprint density at radius 1 is 1.71 bits per heavy atom.